The number of hydrogen-bond donors (Lipinski definition) is 2. The molecule has 0 fully saturated rings. The van der Waals surface area contributed by atoms with Crippen LogP contribution in [0.2, 0.25) is 5.02 Å². The van der Waals surface area contributed by atoms with Crippen molar-refractivity contribution in [2.24, 2.45) is 5.73 Å². The molecule has 1 aromatic carbocycles. The minimum absolute atomic E-state index is 0.0426. The molecule has 0 saturated heterocycles. The van der Waals surface area contributed by atoms with E-state index in [1.807, 2.05) is 0 Å². The van der Waals surface area contributed by atoms with Gasteiger partial charge in [-0.15, -0.1) is 0 Å². The van der Waals surface area contributed by atoms with E-state index in [1.54, 1.807) is 31.3 Å². The lowest BCUT2D eigenvalue weighted by Gasteiger charge is -2.13. The highest BCUT2D eigenvalue weighted by molar-refractivity contribution is 9.10. The minimum Gasteiger partial charge on any atom is -0.462 e. The van der Waals surface area contributed by atoms with Crippen LogP contribution in [0.1, 0.15) is 17.3 Å². The van der Waals surface area contributed by atoms with Gasteiger partial charge in [0.15, 0.2) is 16.7 Å². The van der Waals surface area contributed by atoms with Gasteiger partial charge in [-0.2, -0.15) is 0 Å². The zero-order valence-electron chi connectivity index (χ0n) is 12.5. The molecule has 0 aliphatic rings. The maximum Gasteiger partial charge on any atom is 0.338 e. The molecule has 0 amide bonds. The number of rotatable bonds is 5. The Hall–Kier alpha value is -1.90. The Balaban J connectivity index is 2.37. The maximum atomic E-state index is 11.8. The van der Waals surface area contributed by atoms with Gasteiger partial charge in [-0.3, -0.25) is 0 Å². The predicted octanol–water partition coefficient (Wildman–Crippen LogP) is 4.12. The van der Waals surface area contributed by atoms with Crippen molar-refractivity contribution in [1.82, 2.24) is 4.98 Å². The zero-order chi connectivity index (χ0) is 17.7. The summed E-state index contributed by atoms with van der Waals surface area (Å²) in [7, 11) is 0. The number of pyridine rings is 1. The highest BCUT2D eigenvalue weighted by Crippen LogP contribution is 2.35. The van der Waals surface area contributed by atoms with Crippen LogP contribution in [0.25, 0.3) is 0 Å². The number of anilines is 1. The van der Waals surface area contributed by atoms with Crippen molar-refractivity contribution >= 4 is 56.6 Å². The van der Waals surface area contributed by atoms with Crippen molar-refractivity contribution in [3.05, 3.63) is 45.5 Å². The molecular formula is C15H13BrClN3O3S. The lowest BCUT2D eigenvalue weighted by Crippen LogP contribution is -2.20. The van der Waals surface area contributed by atoms with Gasteiger partial charge in [-0.1, -0.05) is 11.6 Å². The van der Waals surface area contributed by atoms with E-state index < -0.39 is 5.97 Å². The van der Waals surface area contributed by atoms with E-state index in [1.165, 1.54) is 6.07 Å². The summed E-state index contributed by atoms with van der Waals surface area (Å²) in [6, 6.07) is 6.27. The highest BCUT2D eigenvalue weighted by Gasteiger charge is 2.14. The van der Waals surface area contributed by atoms with Crippen LogP contribution in [0.4, 0.5) is 5.82 Å². The third-order valence-electron chi connectivity index (χ3n) is 2.72. The Bertz CT molecular complexity index is 789. The second kappa shape index (κ2) is 8.27. The summed E-state index contributed by atoms with van der Waals surface area (Å²) in [5.74, 6) is 0.462. The molecule has 6 nitrogen and oxygen atoms in total. The van der Waals surface area contributed by atoms with E-state index in [4.69, 9.17) is 39.0 Å². The second-order valence-corrected chi connectivity index (χ2v) is 6.22. The zero-order valence-corrected chi connectivity index (χ0v) is 15.7. The van der Waals surface area contributed by atoms with Crippen LogP contribution < -0.4 is 15.8 Å². The number of carbonyl (C=O) groups is 1. The Morgan fingerprint density at radius 3 is 2.83 bits per heavy atom. The van der Waals surface area contributed by atoms with Crippen molar-refractivity contribution in [2.75, 3.05) is 11.9 Å². The molecule has 0 bridgehead atoms. The first-order chi connectivity index (χ1) is 11.4. The minimum atomic E-state index is -0.465. The smallest absolute Gasteiger partial charge is 0.338 e. The van der Waals surface area contributed by atoms with Crippen LogP contribution in [0.3, 0.4) is 0 Å². The number of benzene rings is 1. The van der Waals surface area contributed by atoms with E-state index in [0.717, 1.165) is 0 Å². The summed E-state index contributed by atoms with van der Waals surface area (Å²) in [5.41, 5.74) is 5.80. The molecule has 0 radical (unpaired) electrons. The standard InChI is InChI=1S/C15H13BrClN3O3S/c1-2-22-14(21)8-3-4-10(17)11(5-8)23-12-6-9(16)7-19-13(12)20-15(18)24/h3-7H,2H2,1H3,(H3,18,19,20,24). The Morgan fingerprint density at radius 2 is 2.17 bits per heavy atom. The predicted molar refractivity (Wildman–Crippen MR) is 99.8 cm³/mol. The normalized spacial score (nSPS) is 10.1. The first-order valence-corrected chi connectivity index (χ1v) is 8.35. The third kappa shape index (κ3) is 4.80. The lowest BCUT2D eigenvalue weighted by atomic mass is 10.2. The van der Waals surface area contributed by atoms with Crippen molar-refractivity contribution in [3.8, 4) is 11.5 Å². The van der Waals surface area contributed by atoms with Gasteiger partial charge < -0.3 is 20.5 Å². The summed E-state index contributed by atoms with van der Waals surface area (Å²) in [6.07, 6.45) is 1.56. The molecule has 0 aliphatic carbocycles. The summed E-state index contributed by atoms with van der Waals surface area (Å²) in [6.45, 7) is 2.00. The lowest BCUT2D eigenvalue weighted by molar-refractivity contribution is 0.0526. The van der Waals surface area contributed by atoms with E-state index >= 15 is 0 Å². The molecule has 0 aliphatic heterocycles. The van der Waals surface area contributed by atoms with E-state index in [0.29, 0.717) is 26.6 Å². The number of halogens is 2. The number of hydrogen-bond acceptors (Lipinski definition) is 5. The van der Waals surface area contributed by atoms with Gasteiger partial charge in [-0.25, -0.2) is 9.78 Å². The number of esters is 1. The number of nitrogens with one attached hydrogen (secondary N) is 1. The quantitative estimate of drug-likeness (QED) is 0.545. The highest BCUT2D eigenvalue weighted by atomic mass is 79.9. The molecular weight excluding hydrogens is 418 g/mol. The van der Waals surface area contributed by atoms with Gasteiger partial charge in [0.2, 0.25) is 0 Å². The molecule has 3 N–H and O–H groups in total. The van der Waals surface area contributed by atoms with Gasteiger partial charge in [0.1, 0.15) is 5.75 Å². The van der Waals surface area contributed by atoms with Crippen molar-refractivity contribution in [3.63, 3.8) is 0 Å². The molecule has 0 saturated carbocycles. The van der Waals surface area contributed by atoms with Crippen molar-refractivity contribution in [2.45, 2.75) is 6.92 Å². The van der Waals surface area contributed by atoms with Crippen LogP contribution in [-0.4, -0.2) is 22.7 Å². The van der Waals surface area contributed by atoms with Crippen LogP contribution in [0, 0.1) is 0 Å². The first kappa shape index (κ1) is 18.4. The molecule has 2 rings (SSSR count). The second-order valence-electron chi connectivity index (χ2n) is 4.46. The number of nitrogens with two attached hydrogens (primary N) is 1. The van der Waals surface area contributed by atoms with Gasteiger partial charge in [0, 0.05) is 16.7 Å². The van der Waals surface area contributed by atoms with Crippen LogP contribution >= 0.6 is 39.7 Å². The number of nitrogens with zero attached hydrogens (tertiary/aromatic N) is 1. The largest absolute Gasteiger partial charge is 0.462 e. The molecule has 0 spiro atoms. The third-order valence-corrected chi connectivity index (χ3v) is 3.57. The fourth-order valence-electron chi connectivity index (χ4n) is 1.75. The fraction of sp³-hybridized carbons (Fsp3) is 0.133. The molecule has 1 aromatic heterocycles. The monoisotopic (exact) mass is 429 g/mol. The number of thiocarbonyl (C=S) groups is 1. The summed E-state index contributed by atoms with van der Waals surface area (Å²) in [4.78, 5) is 16.0. The number of carbonyl (C=O) groups excluding carboxylic acids is 1. The molecule has 9 heteroatoms. The molecule has 2 aromatic rings. The van der Waals surface area contributed by atoms with Crippen LogP contribution in [0.5, 0.6) is 11.5 Å². The molecule has 24 heavy (non-hydrogen) atoms. The van der Waals surface area contributed by atoms with E-state index in [2.05, 4.69) is 26.2 Å². The van der Waals surface area contributed by atoms with Crippen LogP contribution in [0.15, 0.2) is 34.9 Å². The first-order valence-electron chi connectivity index (χ1n) is 6.77. The Labute approximate surface area is 157 Å². The van der Waals surface area contributed by atoms with Crippen molar-refractivity contribution < 1.29 is 14.3 Å². The average Bonchev–Trinajstić information content (AvgIpc) is 2.52. The van der Waals surface area contributed by atoms with E-state index in [9.17, 15) is 4.79 Å². The Kier molecular flexibility index (Phi) is 6.36. The van der Waals surface area contributed by atoms with Gasteiger partial charge >= 0.3 is 5.97 Å². The summed E-state index contributed by atoms with van der Waals surface area (Å²) < 4.78 is 11.4. The average molecular weight is 431 g/mol. The summed E-state index contributed by atoms with van der Waals surface area (Å²) >= 11 is 14.3. The molecule has 0 unspecified atom stereocenters. The fourth-order valence-corrected chi connectivity index (χ4v) is 2.31. The SMILES string of the molecule is CCOC(=O)c1ccc(Cl)c(Oc2cc(Br)cnc2NC(N)=S)c1. The van der Waals surface area contributed by atoms with Gasteiger partial charge in [-0.05, 0) is 53.3 Å². The molecule has 1 heterocycles. The van der Waals surface area contributed by atoms with E-state index in [-0.39, 0.29) is 17.5 Å². The number of ether oxygens (including phenoxy) is 2. The Morgan fingerprint density at radius 1 is 1.42 bits per heavy atom. The molecule has 0 atom stereocenters. The number of aromatic nitrogens is 1. The summed E-state index contributed by atoms with van der Waals surface area (Å²) in [5, 5.41) is 3.08. The van der Waals surface area contributed by atoms with Gasteiger partial charge in [0.05, 0.1) is 17.2 Å². The van der Waals surface area contributed by atoms with Crippen molar-refractivity contribution in [1.29, 1.82) is 0 Å². The maximum absolute atomic E-state index is 11.8. The topological polar surface area (TPSA) is 86.5 Å². The van der Waals surface area contributed by atoms with Gasteiger partial charge in [0.25, 0.3) is 0 Å². The molecule has 126 valence electrons. The van der Waals surface area contributed by atoms with Crippen LogP contribution in [-0.2, 0) is 4.74 Å².